The fourth-order valence-corrected chi connectivity index (χ4v) is 3.92. The first kappa shape index (κ1) is 17.5. The number of benzene rings is 2. The third kappa shape index (κ3) is 4.12. The predicted molar refractivity (Wildman–Crippen MR) is 92.5 cm³/mol. The number of methoxy groups -OCH3 is 1. The largest absolute Gasteiger partial charge is 0.496 e. The highest BCUT2D eigenvalue weighted by Crippen LogP contribution is 2.25. The Morgan fingerprint density at radius 2 is 1.74 bits per heavy atom. The van der Waals surface area contributed by atoms with Crippen LogP contribution in [0.15, 0.2) is 47.4 Å². The van der Waals surface area contributed by atoms with Crippen molar-refractivity contribution in [1.82, 2.24) is 4.72 Å². The van der Waals surface area contributed by atoms with Crippen molar-refractivity contribution in [1.29, 1.82) is 0 Å². The Hall–Kier alpha value is -1.85. The van der Waals surface area contributed by atoms with Gasteiger partial charge in [0, 0.05) is 6.54 Å². The lowest BCUT2D eigenvalue weighted by molar-refractivity contribution is 0.411. The number of rotatable bonds is 6. The molecule has 124 valence electrons. The summed E-state index contributed by atoms with van der Waals surface area (Å²) < 4.78 is 33.1. The summed E-state index contributed by atoms with van der Waals surface area (Å²) in [5.41, 5.74) is 2.58. The molecule has 0 heterocycles. The smallest absolute Gasteiger partial charge is 0.240 e. The summed E-state index contributed by atoms with van der Waals surface area (Å²) in [6, 6.07) is 13.3. The average molecular weight is 333 g/mol. The monoisotopic (exact) mass is 333 g/mol. The van der Waals surface area contributed by atoms with Crippen LogP contribution in [-0.4, -0.2) is 22.1 Å². The average Bonchev–Trinajstić information content (AvgIpc) is 2.55. The summed E-state index contributed by atoms with van der Waals surface area (Å²) in [6.45, 7) is 5.97. The topological polar surface area (TPSA) is 55.4 Å². The van der Waals surface area contributed by atoms with E-state index in [-0.39, 0.29) is 5.92 Å². The van der Waals surface area contributed by atoms with Crippen LogP contribution in [0.25, 0.3) is 0 Å². The fraction of sp³-hybridized carbons (Fsp3) is 0.333. The molecule has 0 aliphatic rings. The quantitative estimate of drug-likeness (QED) is 0.881. The Balaban J connectivity index is 2.18. The van der Waals surface area contributed by atoms with Crippen molar-refractivity contribution in [2.24, 2.45) is 0 Å². The van der Waals surface area contributed by atoms with Gasteiger partial charge in [-0.25, -0.2) is 13.1 Å². The molecule has 2 aromatic rings. The van der Waals surface area contributed by atoms with Gasteiger partial charge in [-0.2, -0.15) is 0 Å². The third-order valence-corrected chi connectivity index (χ3v) is 5.50. The Morgan fingerprint density at radius 3 is 2.35 bits per heavy atom. The molecule has 0 fully saturated rings. The van der Waals surface area contributed by atoms with Crippen molar-refractivity contribution in [3.8, 4) is 5.75 Å². The van der Waals surface area contributed by atoms with Gasteiger partial charge in [-0.3, -0.25) is 0 Å². The van der Waals surface area contributed by atoms with Crippen LogP contribution in [0.5, 0.6) is 5.75 Å². The van der Waals surface area contributed by atoms with Crippen LogP contribution in [0.4, 0.5) is 0 Å². The SMILES string of the molecule is COc1cc(C)c(S(=O)(=O)NC[C@@H](C)c2ccccc2)cc1C. The van der Waals surface area contributed by atoms with Crippen LogP contribution >= 0.6 is 0 Å². The van der Waals surface area contributed by atoms with Gasteiger partial charge >= 0.3 is 0 Å². The number of aryl methyl sites for hydroxylation is 2. The van der Waals surface area contributed by atoms with E-state index in [1.807, 2.05) is 44.2 Å². The Bertz CT molecular complexity index is 770. The van der Waals surface area contributed by atoms with Gasteiger partial charge in [-0.15, -0.1) is 0 Å². The molecule has 0 aliphatic heterocycles. The first-order chi connectivity index (χ1) is 10.8. The second-order valence-corrected chi connectivity index (χ2v) is 7.49. The zero-order valence-electron chi connectivity index (χ0n) is 14.0. The maximum Gasteiger partial charge on any atom is 0.240 e. The highest BCUT2D eigenvalue weighted by Gasteiger charge is 2.19. The van der Waals surface area contributed by atoms with Gasteiger partial charge < -0.3 is 4.74 Å². The van der Waals surface area contributed by atoms with Crippen molar-refractivity contribution in [3.63, 3.8) is 0 Å². The van der Waals surface area contributed by atoms with Gasteiger partial charge in [0.25, 0.3) is 0 Å². The molecule has 5 heteroatoms. The molecule has 0 amide bonds. The minimum atomic E-state index is -3.55. The molecule has 0 bridgehead atoms. The molecule has 23 heavy (non-hydrogen) atoms. The van der Waals surface area contributed by atoms with Crippen LogP contribution in [-0.2, 0) is 10.0 Å². The van der Waals surface area contributed by atoms with E-state index >= 15 is 0 Å². The van der Waals surface area contributed by atoms with E-state index in [4.69, 9.17) is 4.74 Å². The molecule has 4 nitrogen and oxygen atoms in total. The number of sulfonamides is 1. The van der Waals surface area contributed by atoms with E-state index in [0.29, 0.717) is 22.8 Å². The van der Waals surface area contributed by atoms with E-state index in [1.165, 1.54) is 0 Å². The summed E-state index contributed by atoms with van der Waals surface area (Å²) in [7, 11) is -1.97. The van der Waals surface area contributed by atoms with Crippen LogP contribution < -0.4 is 9.46 Å². The molecule has 2 rings (SSSR count). The van der Waals surface area contributed by atoms with Crippen molar-refractivity contribution in [3.05, 3.63) is 59.2 Å². The highest BCUT2D eigenvalue weighted by molar-refractivity contribution is 7.89. The van der Waals surface area contributed by atoms with E-state index < -0.39 is 10.0 Å². The zero-order chi connectivity index (χ0) is 17.0. The summed E-state index contributed by atoms with van der Waals surface area (Å²) in [5, 5.41) is 0. The van der Waals surface area contributed by atoms with E-state index in [0.717, 1.165) is 11.1 Å². The first-order valence-corrected chi connectivity index (χ1v) is 9.03. The van der Waals surface area contributed by atoms with Crippen molar-refractivity contribution >= 4 is 10.0 Å². The fourth-order valence-electron chi connectivity index (χ4n) is 2.48. The van der Waals surface area contributed by atoms with Crippen molar-refractivity contribution in [2.75, 3.05) is 13.7 Å². The molecular weight excluding hydrogens is 310 g/mol. The second-order valence-electron chi connectivity index (χ2n) is 5.75. The summed E-state index contributed by atoms with van der Waals surface area (Å²) in [4.78, 5) is 0.302. The molecule has 0 aliphatic carbocycles. The molecule has 2 aromatic carbocycles. The highest BCUT2D eigenvalue weighted by atomic mass is 32.2. The molecule has 0 saturated carbocycles. The molecule has 1 atom stereocenters. The Labute approximate surface area is 138 Å². The maximum absolute atomic E-state index is 12.6. The van der Waals surface area contributed by atoms with Crippen LogP contribution in [0.3, 0.4) is 0 Å². The normalized spacial score (nSPS) is 12.9. The van der Waals surface area contributed by atoms with Gasteiger partial charge in [0.1, 0.15) is 5.75 Å². The lowest BCUT2D eigenvalue weighted by atomic mass is 10.0. The molecule has 1 N–H and O–H groups in total. The number of hydrogen-bond acceptors (Lipinski definition) is 3. The number of ether oxygens (including phenoxy) is 1. The molecule has 0 saturated heterocycles. The Kier molecular flexibility index (Phi) is 5.44. The molecular formula is C18H23NO3S. The Morgan fingerprint density at radius 1 is 1.09 bits per heavy atom. The minimum absolute atomic E-state index is 0.102. The van der Waals surface area contributed by atoms with E-state index in [2.05, 4.69) is 4.72 Å². The molecule has 0 radical (unpaired) electrons. The number of hydrogen-bond donors (Lipinski definition) is 1. The van der Waals surface area contributed by atoms with Gasteiger partial charge in [0.2, 0.25) is 10.0 Å². The van der Waals surface area contributed by atoms with Gasteiger partial charge in [-0.05, 0) is 48.6 Å². The van der Waals surface area contributed by atoms with Gasteiger partial charge in [-0.1, -0.05) is 37.3 Å². The van der Waals surface area contributed by atoms with E-state index in [9.17, 15) is 8.42 Å². The molecule has 0 aromatic heterocycles. The predicted octanol–water partition coefficient (Wildman–Crippen LogP) is 3.39. The third-order valence-electron chi connectivity index (χ3n) is 3.93. The second kappa shape index (κ2) is 7.15. The van der Waals surface area contributed by atoms with Crippen LogP contribution in [0.2, 0.25) is 0 Å². The standard InChI is InChI=1S/C18H23NO3S/c1-13-11-18(14(2)10-17(13)22-4)23(20,21)19-12-15(3)16-8-6-5-7-9-16/h5-11,15,19H,12H2,1-4H3/t15-/m1/s1. The minimum Gasteiger partial charge on any atom is -0.496 e. The first-order valence-electron chi connectivity index (χ1n) is 7.55. The lowest BCUT2D eigenvalue weighted by Crippen LogP contribution is -2.28. The zero-order valence-corrected chi connectivity index (χ0v) is 14.8. The van der Waals surface area contributed by atoms with Crippen molar-refractivity contribution in [2.45, 2.75) is 31.6 Å². The van der Waals surface area contributed by atoms with Gasteiger partial charge in [0.05, 0.1) is 12.0 Å². The molecule has 0 spiro atoms. The number of nitrogens with one attached hydrogen (secondary N) is 1. The van der Waals surface area contributed by atoms with Crippen LogP contribution in [0, 0.1) is 13.8 Å². The van der Waals surface area contributed by atoms with E-state index in [1.54, 1.807) is 26.2 Å². The van der Waals surface area contributed by atoms with Crippen molar-refractivity contribution < 1.29 is 13.2 Å². The summed E-state index contributed by atoms with van der Waals surface area (Å²) in [5.74, 6) is 0.796. The lowest BCUT2D eigenvalue weighted by Gasteiger charge is -2.16. The summed E-state index contributed by atoms with van der Waals surface area (Å²) >= 11 is 0. The molecule has 0 unspecified atom stereocenters. The maximum atomic E-state index is 12.6. The van der Waals surface area contributed by atoms with Gasteiger partial charge in [0.15, 0.2) is 0 Å². The van der Waals surface area contributed by atoms with Crippen LogP contribution in [0.1, 0.15) is 29.5 Å². The summed E-state index contributed by atoms with van der Waals surface area (Å²) in [6.07, 6.45) is 0.